The second kappa shape index (κ2) is 5.90. The highest BCUT2D eigenvalue weighted by Crippen LogP contribution is 2.40. The molecule has 2 aliphatic rings. The van der Waals surface area contributed by atoms with Crippen LogP contribution in [0.3, 0.4) is 0 Å². The molecule has 26 heavy (non-hydrogen) atoms. The van der Waals surface area contributed by atoms with Gasteiger partial charge in [0, 0.05) is 36.2 Å². The Labute approximate surface area is 148 Å². The molecule has 1 saturated carbocycles. The molecule has 140 valence electrons. The Balaban J connectivity index is 2.03. The van der Waals surface area contributed by atoms with Crippen LogP contribution in [-0.2, 0) is 0 Å². The van der Waals surface area contributed by atoms with Gasteiger partial charge in [0.1, 0.15) is 6.17 Å². The second-order valence-electron chi connectivity index (χ2n) is 7.36. The molecule has 8 heteroatoms. The lowest BCUT2D eigenvalue weighted by Gasteiger charge is -2.25. The molecule has 1 aliphatic heterocycles. The zero-order chi connectivity index (χ0) is 18.7. The maximum absolute atomic E-state index is 15.2. The van der Waals surface area contributed by atoms with Crippen LogP contribution in [0, 0.1) is 25.6 Å². The topological polar surface area (TPSA) is 78.3 Å². The number of hydrogen-bond donors (Lipinski definition) is 2. The SMILES string of the molecule is Cc1c(F)c(N2CC(F)C(CO)C2)c(C)c2c1c(=O)[nH]c(=O)n2C1CC1. The van der Waals surface area contributed by atoms with Crippen LogP contribution in [-0.4, -0.2) is 40.5 Å². The smallest absolute Gasteiger partial charge is 0.329 e. The van der Waals surface area contributed by atoms with Crippen LogP contribution < -0.4 is 16.1 Å². The highest BCUT2D eigenvalue weighted by atomic mass is 19.1. The fourth-order valence-corrected chi connectivity index (χ4v) is 4.07. The van der Waals surface area contributed by atoms with Crippen LogP contribution in [0.1, 0.15) is 30.0 Å². The van der Waals surface area contributed by atoms with Gasteiger partial charge < -0.3 is 10.0 Å². The molecule has 1 saturated heterocycles. The number of hydrogen-bond acceptors (Lipinski definition) is 4. The molecule has 1 aromatic heterocycles. The summed E-state index contributed by atoms with van der Waals surface area (Å²) >= 11 is 0. The molecule has 1 aromatic carbocycles. The first-order valence-electron chi connectivity index (χ1n) is 8.82. The van der Waals surface area contributed by atoms with E-state index in [1.807, 2.05) is 0 Å². The first kappa shape index (κ1) is 17.2. The highest BCUT2D eigenvalue weighted by molar-refractivity contribution is 5.90. The molecule has 6 nitrogen and oxygen atoms in total. The quantitative estimate of drug-likeness (QED) is 0.865. The Morgan fingerprint density at radius 1 is 1.19 bits per heavy atom. The summed E-state index contributed by atoms with van der Waals surface area (Å²) in [5.41, 5.74) is 0.156. The molecule has 0 radical (unpaired) electrons. The molecule has 2 fully saturated rings. The van der Waals surface area contributed by atoms with Crippen LogP contribution in [0.25, 0.3) is 10.9 Å². The first-order chi connectivity index (χ1) is 12.3. The van der Waals surface area contributed by atoms with Crippen molar-refractivity contribution in [3.63, 3.8) is 0 Å². The van der Waals surface area contributed by atoms with Gasteiger partial charge in [0.2, 0.25) is 0 Å². The van der Waals surface area contributed by atoms with Gasteiger partial charge in [-0.05, 0) is 26.7 Å². The van der Waals surface area contributed by atoms with Gasteiger partial charge in [-0.15, -0.1) is 0 Å². The van der Waals surface area contributed by atoms with Crippen LogP contribution in [0.5, 0.6) is 0 Å². The summed E-state index contributed by atoms with van der Waals surface area (Å²) in [6.07, 6.45) is 0.407. The van der Waals surface area contributed by atoms with E-state index in [9.17, 15) is 19.1 Å². The van der Waals surface area contributed by atoms with Gasteiger partial charge in [0.25, 0.3) is 5.56 Å². The molecule has 2 N–H and O–H groups in total. The number of aromatic nitrogens is 2. The third-order valence-electron chi connectivity index (χ3n) is 5.59. The Hall–Kier alpha value is -2.22. The third kappa shape index (κ3) is 2.39. The summed E-state index contributed by atoms with van der Waals surface area (Å²) in [7, 11) is 0. The van der Waals surface area contributed by atoms with Gasteiger partial charge in [-0.1, -0.05) is 0 Å². The zero-order valence-corrected chi connectivity index (χ0v) is 14.7. The summed E-state index contributed by atoms with van der Waals surface area (Å²) in [5.74, 6) is -1.15. The summed E-state index contributed by atoms with van der Waals surface area (Å²) in [4.78, 5) is 28.6. The first-order valence-corrected chi connectivity index (χ1v) is 8.82. The normalized spacial score (nSPS) is 23.2. The highest BCUT2D eigenvalue weighted by Gasteiger charge is 2.36. The lowest BCUT2D eigenvalue weighted by molar-refractivity contribution is 0.175. The van der Waals surface area contributed by atoms with E-state index < -0.39 is 29.2 Å². The van der Waals surface area contributed by atoms with E-state index in [4.69, 9.17) is 0 Å². The lowest BCUT2D eigenvalue weighted by Crippen LogP contribution is -2.32. The Kier molecular flexibility index (Phi) is 3.91. The molecule has 0 bridgehead atoms. The summed E-state index contributed by atoms with van der Waals surface area (Å²) < 4.78 is 30.8. The van der Waals surface area contributed by atoms with Crippen LogP contribution in [0.2, 0.25) is 0 Å². The van der Waals surface area contributed by atoms with E-state index in [2.05, 4.69) is 4.98 Å². The van der Waals surface area contributed by atoms with Gasteiger partial charge in [-0.3, -0.25) is 14.3 Å². The number of aliphatic hydroxyl groups excluding tert-OH is 1. The van der Waals surface area contributed by atoms with Crippen molar-refractivity contribution < 1.29 is 13.9 Å². The molecule has 0 spiro atoms. The summed E-state index contributed by atoms with van der Waals surface area (Å²) in [6.45, 7) is 3.03. The number of halogens is 2. The van der Waals surface area contributed by atoms with Crippen molar-refractivity contribution in [1.29, 1.82) is 0 Å². The van der Waals surface area contributed by atoms with Crippen molar-refractivity contribution in [2.45, 2.75) is 38.9 Å². The lowest BCUT2D eigenvalue weighted by atomic mass is 10.0. The zero-order valence-electron chi connectivity index (χ0n) is 14.7. The maximum Gasteiger partial charge on any atom is 0.329 e. The number of fused-ring (bicyclic) bond motifs is 1. The maximum atomic E-state index is 15.2. The standard InChI is InChI=1S/C18H21F2N3O3/c1-8-13-15(23(11-3-4-11)18(26)21-17(13)25)9(2)16(14(8)20)22-5-10(7-24)12(19)6-22/h10-12,24H,3-7H2,1-2H3,(H,21,25,26). The molecule has 0 amide bonds. The second-order valence-corrected chi connectivity index (χ2v) is 7.36. The molecule has 2 unspecified atom stereocenters. The number of anilines is 1. The van der Waals surface area contributed by atoms with Gasteiger partial charge >= 0.3 is 5.69 Å². The number of rotatable bonds is 3. The van der Waals surface area contributed by atoms with Gasteiger partial charge in [0.05, 0.1) is 23.2 Å². The molecule has 4 rings (SSSR count). The van der Waals surface area contributed by atoms with E-state index in [1.54, 1.807) is 11.8 Å². The minimum atomic E-state index is -1.25. The Morgan fingerprint density at radius 2 is 1.88 bits per heavy atom. The molecule has 2 atom stereocenters. The Morgan fingerprint density at radius 3 is 2.46 bits per heavy atom. The van der Waals surface area contributed by atoms with Gasteiger partial charge in [0.15, 0.2) is 5.82 Å². The van der Waals surface area contributed by atoms with Gasteiger partial charge in [-0.25, -0.2) is 13.6 Å². The fourth-order valence-electron chi connectivity index (χ4n) is 4.07. The van der Waals surface area contributed by atoms with Crippen LogP contribution in [0.15, 0.2) is 9.59 Å². The molecule has 2 aromatic rings. The van der Waals surface area contributed by atoms with E-state index in [0.29, 0.717) is 11.1 Å². The predicted molar refractivity (Wildman–Crippen MR) is 94.2 cm³/mol. The number of aliphatic hydroxyl groups is 1. The van der Waals surface area contributed by atoms with Crippen molar-refractivity contribution in [1.82, 2.24) is 9.55 Å². The fraction of sp³-hybridized carbons (Fsp3) is 0.556. The Bertz CT molecular complexity index is 1010. The van der Waals surface area contributed by atoms with Crippen molar-refractivity contribution in [3.8, 4) is 0 Å². The number of alkyl halides is 1. The molecule has 2 heterocycles. The molecule has 1 aliphatic carbocycles. The summed E-state index contributed by atoms with van der Waals surface area (Å²) in [5, 5.41) is 9.48. The number of aromatic amines is 1. The van der Waals surface area contributed by atoms with E-state index in [0.717, 1.165) is 12.8 Å². The average Bonchev–Trinajstić information content (AvgIpc) is 3.35. The van der Waals surface area contributed by atoms with E-state index in [1.165, 1.54) is 11.5 Å². The van der Waals surface area contributed by atoms with Crippen LogP contribution in [0.4, 0.5) is 14.5 Å². The van der Waals surface area contributed by atoms with E-state index >= 15 is 4.39 Å². The molecular weight excluding hydrogens is 344 g/mol. The number of nitrogens with one attached hydrogen (secondary N) is 1. The third-order valence-corrected chi connectivity index (χ3v) is 5.59. The van der Waals surface area contributed by atoms with Crippen molar-refractivity contribution in [3.05, 3.63) is 37.8 Å². The minimum Gasteiger partial charge on any atom is -0.396 e. The number of benzene rings is 1. The van der Waals surface area contributed by atoms with Crippen molar-refractivity contribution in [2.75, 3.05) is 24.6 Å². The van der Waals surface area contributed by atoms with E-state index in [-0.39, 0.29) is 42.4 Å². The number of aryl methyl sites for hydroxylation is 2. The van der Waals surface area contributed by atoms with Crippen LogP contribution >= 0.6 is 0 Å². The average molecular weight is 365 g/mol. The predicted octanol–water partition coefficient (Wildman–Crippen LogP) is 1.55. The monoisotopic (exact) mass is 365 g/mol. The largest absolute Gasteiger partial charge is 0.396 e. The minimum absolute atomic E-state index is 0.00375. The van der Waals surface area contributed by atoms with Gasteiger partial charge in [-0.2, -0.15) is 0 Å². The molecular formula is C18H21F2N3O3. The van der Waals surface area contributed by atoms with Crippen molar-refractivity contribution in [2.24, 2.45) is 5.92 Å². The number of nitrogens with zero attached hydrogens (tertiary/aromatic N) is 2. The van der Waals surface area contributed by atoms with Crippen molar-refractivity contribution >= 4 is 16.6 Å². The summed E-state index contributed by atoms with van der Waals surface area (Å²) in [6, 6.07) is -0.00375. The number of H-pyrrole nitrogens is 1.